The van der Waals surface area contributed by atoms with Crippen LogP contribution in [0.4, 0.5) is 0 Å². The highest BCUT2D eigenvalue weighted by atomic mass is 16.5. The molecule has 19 heavy (non-hydrogen) atoms. The molecule has 1 atom stereocenters. The number of nitrogens with one attached hydrogen (secondary N) is 1. The predicted octanol–water partition coefficient (Wildman–Crippen LogP) is 1.24. The number of amides is 1. The molecule has 0 saturated carbocycles. The normalized spacial score (nSPS) is 11.3. The Morgan fingerprint density at radius 1 is 1.53 bits per heavy atom. The standard InChI is InChI=1S/C15H19NO3/c1-12(16-15(18)8-10-19-2)14-7-3-5-13(11-14)6-4-9-17/h3,5,7,11-12,17H,8-10H2,1-2H3,(H,16,18). The Hall–Kier alpha value is -1.83. The molecule has 0 bridgehead atoms. The number of carbonyl (C=O) groups is 1. The first-order valence-electron chi connectivity index (χ1n) is 6.15. The second-order valence-electron chi connectivity index (χ2n) is 4.12. The minimum absolute atomic E-state index is 0.0406. The van der Waals surface area contributed by atoms with Crippen LogP contribution in [0.2, 0.25) is 0 Å². The van der Waals surface area contributed by atoms with Crippen LogP contribution < -0.4 is 5.32 Å². The van der Waals surface area contributed by atoms with Crippen molar-refractivity contribution >= 4 is 5.91 Å². The highest BCUT2D eigenvalue weighted by molar-refractivity contribution is 5.76. The number of benzene rings is 1. The van der Waals surface area contributed by atoms with E-state index in [4.69, 9.17) is 9.84 Å². The number of aliphatic hydroxyl groups is 1. The molecule has 0 spiro atoms. The largest absolute Gasteiger partial charge is 0.384 e. The van der Waals surface area contributed by atoms with Crippen LogP contribution in [0.5, 0.6) is 0 Å². The van der Waals surface area contributed by atoms with E-state index < -0.39 is 0 Å². The van der Waals surface area contributed by atoms with Crippen LogP contribution in [0.15, 0.2) is 24.3 Å². The molecule has 1 unspecified atom stereocenters. The van der Waals surface area contributed by atoms with E-state index >= 15 is 0 Å². The summed E-state index contributed by atoms with van der Waals surface area (Å²) in [4.78, 5) is 11.6. The molecule has 0 aliphatic rings. The SMILES string of the molecule is COCCC(=O)NC(C)c1cccc(C#CCO)c1. The van der Waals surface area contributed by atoms with Crippen LogP contribution in [0.25, 0.3) is 0 Å². The number of carbonyl (C=O) groups excluding carboxylic acids is 1. The van der Waals surface area contributed by atoms with E-state index in [2.05, 4.69) is 17.2 Å². The molecule has 0 saturated heterocycles. The summed E-state index contributed by atoms with van der Waals surface area (Å²) < 4.78 is 4.86. The van der Waals surface area contributed by atoms with E-state index in [1.807, 2.05) is 31.2 Å². The minimum atomic E-state index is -0.159. The third kappa shape index (κ3) is 5.56. The lowest BCUT2D eigenvalue weighted by atomic mass is 10.1. The van der Waals surface area contributed by atoms with Crippen LogP contribution in [0, 0.1) is 11.8 Å². The maximum absolute atomic E-state index is 11.6. The predicted molar refractivity (Wildman–Crippen MR) is 73.5 cm³/mol. The van der Waals surface area contributed by atoms with Gasteiger partial charge in [0.2, 0.25) is 5.91 Å². The number of rotatable bonds is 5. The molecule has 0 aliphatic carbocycles. The number of methoxy groups -OCH3 is 1. The lowest BCUT2D eigenvalue weighted by Crippen LogP contribution is -2.27. The number of ether oxygens (including phenoxy) is 1. The molecule has 4 nitrogen and oxygen atoms in total. The van der Waals surface area contributed by atoms with Crippen molar-refractivity contribution in [3.8, 4) is 11.8 Å². The van der Waals surface area contributed by atoms with Crippen molar-refractivity contribution in [2.45, 2.75) is 19.4 Å². The van der Waals surface area contributed by atoms with Gasteiger partial charge in [-0.25, -0.2) is 0 Å². The highest BCUT2D eigenvalue weighted by Gasteiger charge is 2.09. The fraction of sp³-hybridized carbons (Fsp3) is 0.400. The van der Waals surface area contributed by atoms with Crippen molar-refractivity contribution in [1.82, 2.24) is 5.32 Å². The Morgan fingerprint density at radius 2 is 2.32 bits per heavy atom. The summed E-state index contributed by atoms with van der Waals surface area (Å²) in [5.74, 6) is 5.40. The van der Waals surface area contributed by atoms with Crippen molar-refractivity contribution in [1.29, 1.82) is 0 Å². The van der Waals surface area contributed by atoms with Crippen LogP contribution in [-0.4, -0.2) is 31.3 Å². The zero-order chi connectivity index (χ0) is 14.1. The van der Waals surface area contributed by atoms with E-state index in [-0.39, 0.29) is 18.6 Å². The van der Waals surface area contributed by atoms with E-state index in [0.29, 0.717) is 13.0 Å². The van der Waals surface area contributed by atoms with Crippen molar-refractivity contribution in [2.24, 2.45) is 0 Å². The summed E-state index contributed by atoms with van der Waals surface area (Å²) in [7, 11) is 1.57. The molecular formula is C15H19NO3. The van der Waals surface area contributed by atoms with Gasteiger partial charge in [-0.2, -0.15) is 0 Å². The summed E-state index contributed by atoms with van der Waals surface area (Å²) >= 11 is 0. The number of hydrogen-bond acceptors (Lipinski definition) is 3. The molecule has 2 N–H and O–H groups in total. The van der Waals surface area contributed by atoms with Gasteiger partial charge in [0.15, 0.2) is 0 Å². The summed E-state index contributed by atoms with van der Waals surface area (Å²) in [5, 5.41) is 11.6. The molecule has 102 valence electrons. The second kappa shape index (κ2) is 8.30. The van der Waals surface area contributed by atoms with Gasteiger partial charge in [-0.1, -0.05) is 24.0 Å². The van der Waals surface area contributed by atoms with Crippen molar-refractivity contribution < 1.29 is 14.6 Å². The van der Waals surface area contributed by atoms with E-state index in [1.165, 1.54) is 0 Å². The Kier molecular flexibility index (Phi) is 6.65. The molecule has 0 aliphatic heterocycles. The third-order valence-corrected chi connectivity index (χ3v) is 2.61. The molecule has 0 fully saturated rings. The molecule has 1 aromatic rings. The van der Waals surface area contributed by atoms with Gasteiger partial charge in [-0.05, 0) is 24.6 Å². The summed E-state index contributed by atoms with van der Waals surface area (Å²) in [6, 6.07) is 7.51. The lowest BCUT2D eigenvalue weighted by Gasteiger charge is -2.14. The molecule has 0 aromatic heterocycles. The second-order valence-corrected chi connectivity index (χ2v) is 4.12. The van der Waals surface area contributed by atoms with Crippen LogP contribution in [0.3, 0.4) is 0 Å². The van der Waals surface area contributed by atoms with Gasteiger partial charge >= 0.3 is 0 Å². The Morgan fingerprint density at radius 3 is 3.00 bits per heavy atom. The molecular weight excluding hydrogens is 242 g/mol. The average Bonchev–Trinajstić information content (AvgIpc) is 2.43. The van der Waals surface area contributed by atoms with Gasteiger partial charge in [0.05, 0.1) is 12.6 Å². The molecule has 4 heteroatoms. The zero-order valence-electron chi connectivity index (χ0n) is 11.3. The molecule has 0 radical (unpaired) electrons. The Bertz CT molecular complexity index is 474. The third-order valence-electron chi connectivity index (χ3n) is 2.61. The lowest BCUT2D eigenvalue weighted by molar-refractivity contribution is -0.122. The maximum Gasteiger partial charge on any atom is 0.222 e. The van der Waals surface area contributed by atoms with E-state index in [0.717, 1.165) is 11.1 Å². The van der Waals surface area contributed by atoms with Crippen molar-refractivity contribution in [3.05, 3.63) is 35.4 Å². The van der Waals surface area contributed by atoms with Crippen molar-refractivity contribution in [2.75, 3.05) is 20.3 Å². The van der Waals surface area contributed by atoms with Crippen LogP contribution >= 0.6 is 0 Å². The number of aliphatic hydroxyl groups excluding tert-OH is 1. The minimum Gasteiger partial charge on any atom is -0.384 e. The van der Waals surface area contributed by atoms with Gasteiger partial charge in [-0.3, -0.25) is 4.79 Å². The van der Waals surface area contributed by atoms with E-state index in [9.17, 15) is 4.79 Å². The maximum atomic E-state index is 11.6. The summed E-state index contributed by atoms with van der Waals surface area (Å²) in [6.45, 7) is 2.18. The molecule has 0 heterocycles. The molecule has 1 aromatic carbocycles. The van der Waals surface area contributed by atoms with Gasteiger partial charge in [0.25, 0.3) is 0 Å². The highest BCUT2D eigenvalue weighted by Crippen LogP contribution is 2.13. The molecule has 1 amide bonds. The van der Waals surface area contributed by atoms with Gasteiger partial charge in [0.1, 0.15) is 6.61 Å². The smallest absolute Gasteiger partial charge is 0.222 e. The van der Waals surface area contributed by atoms with Crippen molar-refractivity contribution in [3.63, 3.8) is 0 Å². The first-order valence-corrected chi connectivity index (χ1v) is 6.15. The quantitative estimate of drug-likeness (QED) is 0.784. The average molecular weight is 261 g/mol. The monoisotopic (exact) mass is 261 g/mol. The Balaban J connectivity index is 2.66. The summed E-state index contributed by atoms with van der Waals surface area (Å²) in [6.07, 6.45) is 0.352. The fourth-order valence-corrected chi connectivity index (χ4v) is 1.62. The molecule has 1 rings (SSSR count). The fourth-order valence-electron chi connectivity index (χ4n) is 1.62. The Labute approximate surface area is 113 Å². The van der Waals surface area contributed by atoms with Crippen LogP contribution in [-0.2, 0) is 9.53 Å². The topological polar surface area (TPSA) is 58.6 Å². The zero-order valence-corrected chi connectivity index (χ0v) is 11.3. The van der Waals surface area contributed by atoms with Gasteiger partial charge in [-0.15, -0.1) is 0 Å². The summed E-state index contributed by atoms with van der Waals surface area (Å²) in [5.41, 5.74) is 1.81. The van der Waals surface area contributed by atoms with E-state index in [1.54, 1.807) is 7.11 Å². The van der Waals surface area contributed by atoms with Gasteiger partial charge < -0.3 is 15.2 Å². The first-order chi connectivity index (χ1) is 9.17. The van der Waals surface area contributed by atoms with Crippen LogP contribution in [0.1, 0.15) is 30.5 Å². The van der Waals surface area contributed by atoms with Gasteiger partial charge in [0, 0.05) is 19.1 Å². The number of hydrogen-bond donors (Lipinski definition) is 2. The first kappa shape index (κ1) is 15.2.